The Labute approximate surface area is 157 Å². The van der Waals surface area contributed by atoms with E-state index in [2.05, 4.69) is 41.0 Å². The molecule has 0 aromatic heterocycles. The molecular formula is C15H32IN5O2. The van der Waals surface area contributed by atoms with Crippen LogP contribution in [0.1, 0.15) is 20.8 Å². The molecule has 0 aromatic carbocycles. The number of guanidine groups is 1. The van der Waals surface area contributed by atoms with Crippen molar-refractivity contribution < 1.29 is 9.53 Å². The molecular weight excluding hydrogens is 409 g/mol. The first kappa shape index (κ1) is 22.2. The third-order valence-corrected chi connectivity index (χ3v) is 3.72. The summed E-state index contributed by atoms with van der Waals surface area (Å²) in [5, 5.41) is 3.34. The molecule has 0 saturated carbocycles. The van der Waals surface area contributed by atoms with Gasteiger partial charge in [0.15, 0.2) is 5.96 Å². The van der Waals surface area contributed by atoms with Crippen molar-refractivity contribution in [3.63, 3.8) is 0 Å². The molecule has 0 unspecified atom stereocenters. The first-order chi connectivity index (χ1) is 10.6. The van der Waals surface area contributed by atoms with Crippen LogP contribution in [0.15, 0.2) is 4.99 Å². The highest BCUT2D eigenvalue weighted by molar-refractivity contribution is 14.0. The van der Waals surface area contributed by atoms with Gasteiger partial charge in [0.2, 0.25) is 0 Å². The molecule has 0 spiro atoms. The van der Waals surface area contributed by atoms with Crippen molar-refractivity contribution in [2.75, 3.05) is 66.0 Å². The number of likely N-dealkylation sites (N-methyl/N-ethyl adjacent to an activating group) is 1. The Kier molecular flexibility index (Phi) is 12.2. The third kappa shape index (κ3) is 8.05. The Bertz CT molecular complexity index is 360. The first-order valence-corrected chi connectivity index (χ1v) is 8.25. The SMILES string of the molecule is CCNC(=NCCN(C)CC)N1CCN(C(=O)OCC)CC1.I. The van der Waals surface area contributed by atoms with Crippen molar-refractivity contribution in [3.8, 4) is 0 Å². The molecule has 8 heteroatoms. The molecule has 1 fully saturated rings. The fourth-order valence-corrected chi connectivity index (χ4v) is 2.23. The van der Waals surface area contributed by atoms with Crippen molar-refractivity contribution in [2.24, 2.45) is 4.99 Å². The Morgan fingerprint density at radius 2 is 1.78 bits per heavy atom. The summed E-state index contributed by atoms with van der Waals surface area (Å²) < 4.78 is 5.05. The van der Waals surface area contributed by atoms with Crippen LogP contribution < -0.4 is 5.32 Å². The van der Waals surface area contributed by atoms with E-state index in [0.29, 0.717) is 19.7 Å². The summed E-state index contributed by atoms with van der Waals surface area (Å²) in [6, 6.07) is 0. The standard InChI is InChI=1S/C15H31N5O2.HI/c1-5-16-14(17-8-9-18(4)6-2)19-10-12-20(13-11-19)15(21)22-7-3;/h5-13H2,1-4H3,(H,16,17);1H. The number of hydrogen-bond donors (Lipinski definition) is 1. The number of nitrogens with zero attached hydrogens (tertiary/aromatic N) is 4. The number of hydrogen-bond acceptors (Lipinski definition) is 4. The average molecular weight is 441 g/mol. The molecule has 23 heavy (non-hydrogen) atoms. The molecule has 1 saturated heterocycles. The summed E-state index contributed by atoms with van der Waals surface area (Å²) >= 11 is 0. The van der Waals surface area contributed by atoms with Gasteiger partial charge in [0, 0.05) is 39.3 Å². The van der Waals surface area contributed by atoms with Crippen LogP contribution in [0.2, 0.25) is 0 Å². The van der Waals surface area contributed by atoms with Crippen molar-refractivity contribution in [1.82, 2.24) is 20.0 Å². The summed E-state index contributed by atoms with van der Waals surface area (Å²) in [7, 11) is 2.10. The minimum atomic E-state index is -0.214. The molecule has 1 aliphatic heterocycles. The average Bonchev–Trinajstić information content (AvgIpc) is 2.54. The smallest absolute Gasteiger partial charge is 0.409 e. The van der Waals surface area contributed by atoms with Crippen LogP contribution in [0.5, 0.6) is 0 Å². The van der Waals surface area contributed by atoms with E-state index in [1.165, 1.54) is 0 Å². The lowest BCUT2D eigenvalue weighted by Gasteiger charge is -2.36. The van der Waals surface area contributed by atoms with E-state index in [1.54, 1.807) is 4.90 Å². The van der Waals surface area contributed by atoms with Crippen molar-refractivity contribution in [3.05, 3.63) is 0 Å². The second kappa shape index (κ2) is 12.6. The van der Waals surface area contributed by atoms with E-state index in [-0.39, 0.29) is 30.1 Å². The van der Waals surface area contributed by atoms with Gasteiger partial charge in [-0.1, -0.05) is 6.92 Å². The fourth-order valence-electron chi connectivity index (χ4n) is 2.23. The summed E-state index contributed by atoms with van der Waals surface area (Å²) in [4.78, 5) is 22.6. The van der Waals surface area contributed by atoms with E-state index < -0.39 is 0 Å². The van der Waals surface area contributed by atoms with Gasteiger partial charge >= 0.3 is 6.09 Å². The second-order valence-electron chi connectivity index (χ2n) is 5.30. The third-order valence-electron chi connectivity index (χ3n) is 3.72. The van der Waals surface area contributed by atoms with Crippen molar-refractivity contribution >= 4 is 36.0 Å². The molecule has 0 aromatic rings. The van der Waals surface area contributed by atoms with Gasteiger partial charge in [-0.3, -0.25) is 4.99 Å². The zero-order valence-corrected chi connectivity index (χ0v) is 17.2. The van der Waals surface area contributed by atoms with Gasteiger partial charge in [-0.25, -0.2) is 4.79 Å². The number of rotatable bonds is 6. The largest absolute Gasteiger partial charge is 0.450 e. The van der Waals surface area contributed by atoms with E-state index in [4.69, 9.17) is 4.74 Å². The Morgan fingerprint density at radius 1 is 1.17 bits per heavy atom. The number of nitrogens with one attached hydrogen (secondary N) is 1. The molecule has 7 nitrogen and oxygen atoms in total. The second-order valence-corrected chi connectivity index (χ2v) is 5.30. The quantitative estimate of drug-likeness (QED) is 0.383. The highest BCUT2D eigenvalue weighted by Crippen LogP contribution is 2.04. The van der Waals surface area contributed by atoms with E-state index in [9.17, 15) is 4.79 Å². The molecule has 0 atom stereocenters. The Balaban J connectivity index is 0.00000484. The van der Waals surface area contributed by atoms with Crippen LogP contribution in [-0.4, -0.2) is 92.8 Å². The predicted octanol–water partition coefficient (Wildman–Crippen LogP) is 1.30. The minimum absolute atomic E-state index is 0. The molecule has 1 heterocycles. The molecule has 0 bridgehead atoms. The highest BCUT2D eigenvalue weighted by Gasteiger charge is 2.23. The first-order valence-electron chi connectivity index (χ1n) is 8.25. The molecule has 136 valence electrons. The van der Waals surface area contributed by atoms with Crippen LogP contribution >= 0.6 is 24.0 Å². The normalized spacial score (nSPS) is 15.4. The van der Waals surface area contributed by atoms with Gasteiger partial charge in [0.25, 0.3) is 0 Å². The summed E-state index contributed by atoms with van der Waals surface area (Å²) in [5.41, 5.74) is 0. The molecule has 1 amide bonds. The summed E-state index contributed by atoms with van der Waals surface area (Å²) in [6.07, 6.45) is -0.214. The number of carbonyl (C=O) groups is 1. The molecule has 0 aliphatic carbocycles. The number of piperazine rings is 1. The Hall–Kier alpha value is -0.770. The van der Waals surface area contributed by atoms with Gasteiger partial charge < -0.3 is 24.8 Å². The number of aliphatic imine (C=N–C) groups is 1. The van der Waals surface area contributed by atoms with Crippen LogP contribution in [0, 0.1) is 0 Å². The fraction of sp³-hybridized carbons (Fsp3) is 0.867. The van der Waals surface area contributed by atoms with Gasteiger partial charge in [-0.15, -0.1) is 24.0 Å². The number of halogens is 1. The van der Waals surface area contributed by atoms with Gasteiger partial charge in [0.05, 0.1) is 13.2 Å². The van der Waals surface area contributed by atoms with Crippen LogP contribution in [0.3, 0.4) is 0 Å². The zero-order valence-electron chi connectivity index (χ0n) is 14.9. The predicted molar refractivity (Wildman–Crippen MR) is 105 cm³/mol. The lowest BCUT2D eigenvalue weighted by Crippen LogP contribution is -2.54. The van der Waals surface area contributed by atoms with E-state index >= 15 is 0 Å². The topological polar surface area (TPSA) is 60.4 Å². The maximum Gasteiger partial charge on any atom is 0.409 e. The minimum Gasteiger partial charge on any atom is -0.450 e. The van der Waals surface area contributed by atoms with Crippen LogP contribution in [0.4, 0.5) is 4.79 Å². The van der Waals surface area contributed by atoms with Crippen LogP contribution in [0.25, 0.3) is 0 Å². The maximum atomic E-state index is 11.7. The zero-order chi connectivity index (χ0) is 16.4. The van der Waals surface area contributed by atoms with E-state index in [0.717, 1.165) is 45.2 Å². The van der Waals surface area contributed by atoms with Crippen molar-refractivity contribution in [2.45, 2.75) is 20.8 Å². The maximum absolute atomic E-state index is 11.7. The molecule has 1 N–H and O–H groups in total. The lowest BCUT2D eigenvalue weighted by molar-refractivity contribution is 0.0914. The van der Waals surface area contributed by atoms with Gasteiger partial charge in [-0.2, -0.15) is 0 Å². The number of carbonyl (C=O) groups excluding carboxylic acids is 1. The summed E-state index contributed by atoms with van der Waals surface area (Å²) in [5.74, 6) is 0.940. The molecule has 0 radical (unpaired) electrons. The Morgan fingerprint density at radius 3 is 2.30 bits per heavy atom. The van der Waals surface area contributed by atoms with E-state index in [1.807, 2.05) is 6.92 Å². The molecule has 1 rings (SSSR count). The van der Waals surface area contributed by atoms with Crippen molar-refractivity contribution in [1.29, 1.82) is 0 Å². The number of ether oxygens (including phenoxy) is 1. The van der Waals surface area contributed by atoms with Gasteiger partial charge in [-0.05, 0) is 27.4 Å². The number of amides is 1. The monoisotopic (exact) mass is 441 g/mol. The summed E-state index contributed by atoms with van der Waals surface area (Å²) in [6.45, 7) is 13.0. The lowest BCUT2D eigenvalue weighted by atomic mass is 10.3. The van der Waals surface area contributed by atoms with Crippen LogP contribution in [-0.2, 0) is 4.74 Å². The highest BCUT2D eigenvalue weighted by atomic mass is 127. The van der Waals surface area contributed by atoms with Gasteiger partial charge in [0.1, 0.15) is 0 Å². The molecule has 1 aliphatic rings.